The first-order valence-electron chi connectivity index (χ1n) is 8.73. The lowest BCUT2D eigenvalue weighted by Crippen LogP contribution is -2.50. The second-order valence-corrected chi connectivity index (χ2v) is 6.76. The van der Waals surface area contributed by atoms with Crippen LogP contribution in [0, 0.1) is 5.92 Å². The summed E-state index contributed by atoms with van der Waals surface area (Å²) in [5, 5.41) is 10.3. The zero-order valence-corrected chi connectivity index (χ0v) is 14.0. The van der Waals surface area contributed by atoms with E-state index < -0.39 is 6.10 Å². The molecule has 4 atom stereocenters. The fourth-order valence-corrected chi connectivity index (χ4v) is 3.64. The maximum absolute atomic E-state index is 13.0. The molecule has 6 nitrogen and oxygen atoms in total. The van der Waals surface area contributed by atoms with Gasteiger partial charge < -0.3 is 19.2 Å². The summed E-state index contributed by atoms with van der Waals surface area (Å²) in [5.41, 5.74) is 1.13. The van der Waals surface area contributed by atoms with E-state index in [9.17, 15) is 9.90 Å². The fourth-order valence-electron chi connectivity index (χ4n) is 3.64. The van der Waals surface area contributed by atoms with Crippen molar-refractivity contribution in [2.24, 2.45) is 5.92 Å². The van der Waals surface area contributed by atoms with E-state index in [4.69, 9.17) is 9.15 Å². The molecule has 0 aromatic carbocycles. The van der Waals surface area contributed by atoms with Crippen molar-refractivity contribution < 1.29 is 19.1 Å². The van der Waals surface area contributed by atoms with Crippen molar-refractivity contribution in [2.75, 3.05) is 19.8 Å². The monoisotopic (exact) mass is 342 g/mol. The molecule has 6 heteroatoms. The number of carbonyl (C=O) groups excluding carboxylic acids is 1. The van der Waals surface area contributed by atoms with Crippen molar-refractivity contribution in [1.29, 1.82) is 0 Å². The smallest absolute Gasteiger partial charge is 0.226 e. The van der Waals surface area contributed by atoms with Crippen molar-refractivity contribution in [1.82, 2.24) is 9.88 Å². The Morgan fingerprint density at radius 3 is 3.08 bits per heavy atom. The highest BCUT2D eigenvalue weighted by molar-refractivity contribution is 5.83. The minimum absolute atomic E-state index is 0.0190. The molecular weight excluding hydrogens is 320 g/mol. The summed E-state index contributed by atoms with van der Waals surface area (Å²) >= 11 is 0. The molecule has 1 saturated carbocycles. The van der Waals surface area contributed by atoms with Gasteiger partial charge in [-0.3, -0.25) is 9.78 Å². The largest absolute Gasteiger partial charge is 0.467 e. The number of ether oxygens (including phenoxy) is 1. The lowest BCUT2D eigenvalue weighted by Gasteiger charge is -2.36. The molecule has 2 aliphatic rings. The zero-order chi connectivity index (χ0) is 17.2. The van der Waals surface area contributed by atoms with Crippen LogP contribution in [0.3, 0.4) is 0 Å². The van der Waals surface area contributed by atoms with Crippen LogP contribution in [0.2, 0.25) is 0 Å². The third-order valence-corrected chi connectivity index (χ3v) is 5.10. The number of rotatable bonds is 5. The minimum Gasteiger partial charge on any atom is -0.467 e. The van der Waals surface area contributed by atoms with E-state index >= 15 is 0 Å². The van der Waals surface area contributed by atoms with Crippen LogP contribution in [-0.4, -0.2) is 46.7 Å². The first-order valence-corrected chi connectivity index (χ1v) is 8.73. The average Bonchev–Trinajstić information content (AvgIpc) is 3.26. The van der Waals surface area contributed by atoms with E-state index in [0.717, 1.165) is 12.0 Å². The maximum Gasteiger partial charge on any atom is 0.226 e. The van der Waals surface area contributed by atoms with Crippen molar-refractivity contribution in [2.45, 2.75) is 30.9 Å². The Hall–Kier alpha value is -2.18. The van der Waals surface area contributed by atoms with Gasteiger partial charge in [0, 0.05) is 31.3 Å². The Morgan fingerprint density at radius 1 is 1.40 bits per heavy atom. The predicted octanol–water partition coefficient (Wildman–Crippen LogP) is 2.13. The van der Waals surface area contributed by atoms with Crippen LogP contribution in [0.1, 0.15) is 36.2 Å². The molecule has 25 heavy (non-hydrogen) atoms. The van der Waals surface area contributed by atoms with Crippen LogP contribution in [0.4, 0.5) is 0 Å². The quantitative estimate of drug-likeness (QED) is 0.901. The van der Waals surface area contributed by atoms with Crippen molar-refractivity contribution in [3.05, 3.63) is 54.2 Å². The van der Waals surface area contributed by atoms with E-state index in [1.807, 2.05) is 23.2 Å². The molecule has 1 amide bonds. The van der Waals surface area contributed by atoms with Crippen molar-refractivity contribution in [3.63, 3.8) is 0 Å². The summed E-state index contributed by atoms with van der Waals surface area (Å²) in [5.74, 6) is 0.969. The predicted molar refractivity (Wildman–Crippen MR) is 89.7 cm³/mol. The van der Waals surface area contributed by atoms with Crippen LogP contribution in [0.5, 0.6) is 0 Å². The molecule has 1 saturated heterocycles. The first-order chi connectivity index (χ1) is 12.2. The highest BCUT2D eigenvalue weighted by atomic mass is 16.5. The number of amides is 1. The third-order valence-electron chi connectivity index (χ3n) is 5.10. The summed E-state index contributed by atoms with van der Waals surface area (Å²) in [4.78, 5) is 19.0. The van der Waals surface area contributed by atoms with Gasteiger partial charge in [-0.05, 0) is 36.1 Å². The van der Waals surface area contributed by atoms with Crippen LogP contribution in [0.25, 0.3) is 0 Å². The summed E-state index contributed by atoms with van der Waals surface area (Å²) in [6.45, 7) is 1.57. The number of furan rings is 1. The Labute approximate surface area is 146 Å². The molecule has 2 aromatic heterocycles. The van der Waals surface area contributed by atoms with Gasteiger partial charge in [-0.1, -0.05) is 6.07 Å². The van der Waals surface area contributed by atoms with E-state index in [0.29, 0.717) is 31.9 Å². The summed E-state index contributed by atoms with van der Waals surface area (Å²) in [7, 11) is 0. The molecule has 1 aliphatic carbocycles. The molecule has 1 aliphatic heterocycles. The normalized spacial score (nSPS) is 27.1. The Bertz CT molecular complexity index is 703. The molecule has 0 radical (unpaired) electrons. The van der Waals surface area contributed by atoms with Crippen LogP contribution < -0.4 is 0 Å². The van der Waals surface area contributed by atoms with E-state index in [1.54, 1.807) is 24.6 Å². The number of pyridine rings is 1. The zero-order valence-electron chi connectivity index (χ0n) is 14.0. The lowest BCUT2D eigenvalue weighted by atomic mass is 10.0. The minimum atomic E-state index is -0.731. The number of hydrogen-bond donors (Lipinski definition) is 1. The third kappa shape index (κ3) is 3.45. The topological polar surface area (TPSA) is 75.8 Å². The molecule has 0 bridgehead atoms. The van der Waals surface area contributed by atoms with Gasteiger partial charge >= 0.3 is 0 Å². The first kappa shape index (κ1) is 16.3. The SMILES string of the molecule is O=C([C@@H]1C[C@H]1c1cccnc1)N1CCOC[C@H]1C[C@H](O)c1ccco1. The Kier molecular flexibility index (Phi) is 4.55. The van der Waals surface area contributed by atoms with E-state index in [2.05, 4.69) is 4.98 Å². The Balaban J connectivity index is 1.42. The second kappa shape index (κ2) is 6.98. The molecule has 0 unspecified atom stereocenters. The summed E-state index contributed by atoms with van der Waals surface area (Å²) in [6.07, 6.45) is 5.69. The highest BCUT2D eigenvalue weighted by Crippen LogP contribution is 2.48. The van der Waals surface area contributed by atoms with Crippen LogP contribution in [0.15, 0.2) is 47.3 Å². The molecule has 3 heterocycles. The van der Waals surface area contributed by atoms with Gasteiger partial charge in [0.05, 0.1) is 25.5 Å². The molecule has 2 fully saturated rings. The highest BCUT2D eigenvalue weighted by Gasteiger charge is 2.47. The van der Waals surface area contributed by atoms with Gasteiger partial charge in [-0.15, -0.1) is 0 Å². The van der Waals surface area contributed by atoms with E-state index in [-0.39, 0.29) is 23.8 Å². The van der Waals surface area contributed by atoms with Gasteiger partial charge in [0.15, 0.2) is 0 Å². The number of aliphatic hydroxyl groups excluding tert-OH is 1. The number of aliphatic hydroxyl groups is 1. The van der Waals surface area contributed by atoms with Crippen molar-refractivity contribution in [3.8, 4) is 0 Å². The summed E-state index contributed by atoms with van der Waals surface area (Å²) in [6, 6.07) is 7.31. The number of hydrogen-bond acceptors (Lipinski definition) is 5. The molecule has 0 spiro atoms. The van der Waals surface area contributed by atoms with Gasteiger partial charge in [-0.25, -0.2) is 0 Å². The molecule has 132 valence electrons. The Morgan fingerprint density at radius 2 is 2.32 bits per heavy atom. The number of morpholine rings is 1. The van der Waals surface area contributed by atoms with Crippen molar-refractivity contribution >= 4 is 5.91 Å². The molecular formula is C19H22N2O4. The molecule has 2 aromatic rings. The average molecular weight is 342 g/mol. The molecule has 1 N–H and O–H groups in total. The lowest BCUT2D eigenvalue weighted by molar-refractivity contribution is -0.142. The van der Waals surface area contributed by atoms with Gasteiger partial charge in [0.2, 0.25) is 5.91 Å². The second-order valence-electron chi connectivity index (χ2n) is 6.76. The van der Waals surface area contributed by atoms with Gasteiger partial charge in [-0.2, -0.15) is 0 Å². The van der Waals surface area contributed by atoms with Crippen LogP contribution >= 0.6 is 0 Å². The molecule has 4 rings (SSSR count). The summed E-state index contributed by atoms with van der Waals surface area (Å²) < 4.78 is 10.8. The maximum atomic E-state index is 13.0. The number of aromatic nitrogens is 1. The van der Waals surface area contributed by atoms with E-state index in [1.165, 1.54) is 0 Å². The van der Waals surface area contributed by atoms with Gasteiger partial charge in [0.1, 0.15) is 11.9 Å². The fraction of sp³-hybridized carbons (Fsp3) is 0.474. The number of nitrogens with zero attached hydrogens (tertiary/aromatic N) is 2. The standard InChI is InChI=1S/C19H22N2O4/c22-17(18-4-2-7-25-18)9-14-12-24-8-6-21(14)19(23)16-10-15(16)13-3-1-5-20-11-13/h1-5,7,11,14-17,22H,6,8-10,12H2/t14-,15+,16-,17+/m1/s1. The van der Waals surface area contributed by atoms with Gasteiger partial charge in [0.25, 0.3) is 0 Å². The number of carbonyl (C=O) groups is 1. The van der Waals surface area contributed by atoms with Crippen LogP contribution in [-0.2, 0) is 9.53 Å².